The van der Waals surface area contributed by atoms with E-state index in [1.807, 2.05) is 25.4 Å². The van der Waals surface area contributed by atoms with E-state index < -0.39 is 0 Å². The minimum atomic E-state index is 0.302. The number of unbranched alkanes of at least 4 members (excludes halogenated alkanes) is 2. The molecule has 0 saturated heterocycles. The van der Waals surface area contributed by atoms with Gasteiger partial charge in [-0.3, -0.25) is 4.79 Å². The number of aromatic nitrogens is 1. The molecule has 4 aliphatic rings. The van der Waals surface area contributed by atoms with Crippen molar-refractivity contribution in [2.24, 2.45) is 30.7 Å². The highest BCUT2D eigenvalue weighted by molar-refractivity contribution is 6.08. The Bertz CT molecular complexity index is 854. The van der Waals surface area contributed by atoms with Gasteiger partial charge in [0.1, 0.15) is 0 Å². The van der Waals surface area contributed by atoms with E-state index in [1.165, 1.54) is 45.1 Å². The van der Waals surface area contributed by atoms with Crippen LogP contribution in [0.1, 0.15) is 68.1 Å². The van der Waals surface area contributed by atoms with Crippen molar-refractivity contribution in [3.63, 3.8) is 0 Å². The van der Waals surface area contributed by atoms with Crippen molar-refractivity contribution >= 4 is 16.7 Å². The molecule has 0 radical (unpaired) electrons. The van der Waals surface area contributed by atoms with Gasteiger partial charge in [0.05, 0.1) is 0 Å². The monoisotopic (exact) mass is 392 g/mol. The van der Waals surface area contributed by atoms with Gasteiger partial charge in [-0.2, -0.15) is 0 Å². The summed E-state index contributed by atoms with van der Waals surface area (Å²) in [6.45, 7) is 1.20. The van der Waals surface area contributed by atoms with E-state index in [0.717, 1.165) is 59.0 Å². The Kier molecular flexibility index (Phi) is 5.28. The second-order valence-electron chi connectivity index (χ2n) is 10.3. The fourth-order valence-corrected chi connectivity index (χ4v) is 7.29. The van der Waals surface area contributed by atoms with Gasteiger partial charge in [-0.15, -0.1) is 0 Å². The number of aryl methyl sites for hydroxylation is 1. The second kappa shape index (κ2) is 7.91. The van der Waals surface area contributed by atoms with Crippen molar-refractivity contribution in [3.8, 4) is 0 Å². The highest BCUT2D eigenvalue weighted by Crippen LogP contribution is 2.54. The van der Waals surface area contributed by atoms with Crippen LogP contribution in [-0.2, 0) is 7.05 Å². The molecule has 0 aliphatic heterocycles. The van der Waals surface area contributed by atoms with E-state index in [-0.39, 0.29) is 0 Å². The first-order chi connectivity index (χ1) is 14.1. The van der Waals surface area contributed by atoms with Crippen LogP contribution < -0.4 is 0 Å². The molecule has 1 aromatic carbocycles. The van der Waals surface area contributed by atoms with E-state index in [1.54, 1.807) is 0 Å². The fourth-order valence-electron chi connectivity index (χ4n) is 7.29. The maximum Gasteiger partial charge on any atom is 0.165 e. The molecule has 6 rings (SSSR count). The molecule has 3 heteroatoms. The standard InChI is InChI=1S/C26H36N2O/c1-27(26-20-13-18-12-19(15-20)16-21(26)14-18)11-7-3-4-10-25(29)23-17-28(2)24-9-6-5-8-22(23)24/h5-6,8-9,17-21,26H,3-4,7,10-16H2,1-2H3. The summed E-state index contributed by atoms with van der Waals surface area (Å²) in [5.41, 5.74) is 2.04. The lowest BCUT2D eigenvalue weighted by Crippen LogP contribution is -2.55. The third-order valence-corrected chi connectivity index (χ3v) is 8.30. The number of ketones is 1. The molecule has 29 heavy (non-hydrogen) atoms. The van der Waals surface area contributed by atoms with Crippen molar-refractivity contribution in [3.05, 3.63) is 36.0 Å². The van der Waals surface area contributed by atoms with Crippen molar-refractivity contribution in [2.75, 3.05) is 13.6 Å². The summed E-state index contributed by atoms with van der Waals surface area (Å²) in [6, 6.07) is 9.07. The maximum atomic E-state index is 12.8. The van der Waals surface area contributed by atoms with E-state index in [0.29, 0.717) is 12.2 Å². The minimum Gasteiger partial charge on any atom is -0.350 e. The Labute approximate surface area is 175 Å². The van der Waals surface area contributed by atoms with Crippen LogP contribution in [0.25, 0.3) is 10.9 Å². The molecular formula is C26H36N2O. The summed E-state index contributed by atoms with van der Waals surface area (Å²) in [6.07, 6.45) is 13.6. The summed E-state index contributed by atoms with van der Waals surface area (Å²) in [5, 5.41) is 1.10. The number of nitrogens with zero attached hydrogens (tertiary/aromatic N) is 2. The van der Waals surface area contributed by atoms with Crippen molar-refractivity contribution in [2.45, 2.75) is 63.8 Å². The lowest BCUT2D eigenvalue weighted by atomic mass is 9.54. The number of carbonyl (C=O) groups excluding carboxylic acids is 1. The number of fused-ring (bicyclic) bond motifs is 1. The highest BCUT2D eigenvalue weighted by atomic mass is 16.1. The molecule has 1 heterocycles. The number of rotatable bonds is 8. The average Bonchev–Trinajstić information content (AvgIpc) is 3.04. The molecule has 3 nitrogen and oxygen atoms in total. The fraction of sp³-hybridized carbons (Fsp3) is 0.654. The molecule has 0 amide bonds. The SMILES string of the molecule is CN(CCCCCC(=O)c1cn(C)c2ccccc12)C1C2CC3CC(C2)CC1C3. The number of hydrogen-bond donors (Lipinski definition) is 0. The molecule has 1 aromatic heterocycles. The van der Waals surface area contributed by atoms with Crippen LogP contribution in [0, 0.1) is 23.7 Å². The number of benzene rings is 1. The molecular weight excluding hydrogens is 356 g/mol. The smallest absolute Gasteiger partial charge is 0.165 e. The Hall–Kier alpha value is -1.61. The van der Waals surface area contributed by atoms with Crippen molar-refractivity contribution in [1.29, 1.82) is 0 Å². The largest absolute Gasteiger partial charge is 0.350 e. The molecule has 156 valence electrons. The van der Waals surface area contributed by atoms with Crippen LogP contribution in [0.4, 0.5) is 0 Å². The summed E-state index contributed by atoms with van der Waals surface area (Å²) >= 11 is 0. The van der Waals surface area contributed by atoms with Gasteiger partial charge in [-0.25, -0.2) is 0 Å². The molecule has 0 spiro atoms. The Balaban J connectivity index is 1.08. The van der Waals surface area contributed by atoms with Gasteiger partial charge in [-0.1, -0.05) is 24.6 Å². The summed E-state index contributed by atoms with van der Waals surface area (Å²) in [7, 11) is 4.40. The lowest BCUT2D eigenvalue weighted by molar-refractivity contribution is -0.0576. The zero-order valence-corrected chi connectivity index (χ0v) is 18.1. The molecule has 4 fully saturated rings. The first-order valence-corrected chi connectivity index (χ1v) is 11.9. The predicted octanol–water partition coefficient (Wildman–Crippen LogP) is 5.68. The van der Waals surface area contributed by atoms with Gasteiger partial charge in [0.15, 0.2) is 5.78 Å². The summed E-state index contributed by atoms with van der Waals surface area (Å²) in [4.78, 5) is 15.5. The average molecular weight is 393 g/mol. The van der Waals surface area contributed by atoms with Crippen LogP contribution in [0.2, 0.25) is 0 Å². The Morgan fingerprint density at radius 2 is 1.69 bits per heavy atom. The molecule has 4 aliphatic carbocycles. The van der Waals surface area contributed by atoms with Gasteiger partial charge in [0.2, 0.25) is 0 Å². The predicted molar refractivity (Wildman–Crippen MR) is 119 cm³/mol. The minimum absolute atomic E-state index is 0.302. The third kappa shape index (κ3) is 3.67. The molecule has 4 bridgehead atoms. The van der Waals surface area contributed by atoms with Crippen LogP contribution in [0.5, 0.6) is 0 Å². The van der Waals surface area contributed by atoms with E-state index in [4.69, 9.17) is 0 Å². The molecule has 4 saturated carbocycles. The first-order valence-electron chi connectivity index (χ1n) is 11.9. The zero-order valence-electron chi connectivity index (χ0n) is 18.1. The van der Waals surface area contributed by atoms with E-state index in [9.17, 15) is 4.79 Å². The van der Waals surface area contributed by atoms with Crippen LogP contribution >= 0.6 is 0 Å². The molecule has 0 N–H and O–H groups in total. The molecule has 2 aromatic rings. The Morgan fingerprint density at radius 3 is 2.41 bits per heavy atom. The van der Waals surface area contributed by atoms with Crippen LogP contribution in [0.3, 0.4) is 0 Å². The lowest BCUT2D eigenvalue weighted by Gasteiger charge is -2.56. The normalized spacial score (nSPS) is 30.5. The van der Waals surface area contributed by atoms with E-state index in [2.05, 4.69) is 28.6 Å². The Morgan fingerprint density at radius 1 is 1.00 bits per heavy atom. The number of carbonyl (C=O) groups is 1. The first kappa shape index (κ1) is 19.4. The maximum absolute atomic E-state index is 12.8. The van der Waals surface area contributed by atoms with Gasteiger partial charge in [-0.05, 0) is 88.3 Å². The number of Topliss-reactive ketones (excluding diaryl/α,β-unsaturated/α-hetero) is 1. The number of para-hydroxylation sites is 1. The van der Waals surface area contributed by atoms with Gasteiger partial charge >= 0.3 is 0 Å². The van der Waals surface area contributed by atoms with Gasteiger partial charge in [0.25, 0.3) is 0 Å². The topological polar surface area (TPSA) is 25.2 Å². The molecule has 0 atom stereocenters. The van der Waals surface area contributed by atoms with Gasteiger partial charge in [0, 0.05) is 42.2 Å². The van der Waals surface area contributed by atoms with Gasteiger partial charge < -0.3 is 9.47 Å². The van der Waals surface area contributed by atoms with Crippen molar-refractivity contribution in [1.82, 2.24) is 9.47 Å². The summed E-state index contributed by atoms with van der Waals surface area (Å²) < 4.78 is 2.07. The summed E-state index contributed by atoms with van der Waals surface area (Å²) in [5.74, 6) is 4.37. The van der Waals surface area contributed by atoms with Crippen LogP contribution in [-0.4, -0.2) is 34.9 Å². The second-order valence-corrected chi connectivity index (χ2v) is 10.3. The quantitative estimate of drug-likeness (QED) is 0.427. The van der Waals surface area contributed by atoms with Crippen molar-refractivity contribution < 1.29 is 4.79 Å². The third-order valence-electron chi connectivity index (χ3n) is 8.30. The highest BCUT2D eigenvalue weighted by Gasteiger charge is 2.49. The van der Waals surface area contributed by atoms with E-state index >= 15 is 0 Å². The number of hydrogen-bond acceptors (Lipinski definition) is 2. The zero-order chi connectivity index (χ0) is 20.0. The van der Waals surface area contributed by atoms with Crippen LogP contribution in [0.15, 0.2) is 30.5 Å². The molecule has 0 unspecified atom stereocenters.